The number of hydrogen-bond acceptors (Lipinski definition) is 7. The van der Waals surface area contributed by atoms with Crippen LogP contribution < -0.4 is 5.32 Å². The van der Waals surface area contributed by atoms with E-state index in [1.807, 2.05) is 18.2 Å². The SMILES string of the molecule is C[C@@H]1[C@@H](NC(O)[C@@H]2[C@H]([C@H](C)O)[C@H](CO[Si](C)(C)C(C)(C)C)ON2Cc2cccc(I)c2O)CC2C[C@@H]1C2(C)C. The Morgan fingerprint density at radius 1 is 1.23 bits per heavy atom. The average molecular weight is 675 g/mol. The summed E-state index contributed by atoms with van der Waals surface area (Å²) < 4.78 is 7.33. The van der Waals surface area contributed by atoms with Crippen molar-refractivity contribution in [3.05, 3.63) is 27.3 Å². The molecule has 0 radical (unpaired) electrons. The van der Waals surface area contributed by atoms with Crippen molar-refractivity contribution in [2.24, 2.45) is 29.1 Å². The number of para-hydroxylation sites is 1. The summed E-state index contributed by atoms with van der Waals surface area (Å²) in [5.74, 6) is 1.63. The van der Waals surface area contributed by atoms with Crippen LogP contribution in [-0.4, -0.2) is 65.8 Å². The van der Waals surface area contributed by atoms with E-state index in [9.17, 15) is 15.3 Å². The molecule has 0 aromatic heterocycles. The summed E-state index contributed by atoms with van der Waals surface area (Å²) in [7, 11) is -2.06. The van der Waals surface area contributed by atoms with Gasteiger partial charge >= 0.3 is 0 Å². The third-order valence-corrected chi connectivity index (χ3v) is 16.2. The smallest absolute Gasteiger partial charge is 0.192 e. The molecule has 2 unspecified atom stereocenters. The molecule has 1 aromatic carbocycles. The summed E-state index contributed by atoms with van der Waals surface area (Å²) in [6, 6.07) is 5.37. The van der Waals surface area contributed by atoms with E-state index in [1.165, 1.54) is 6.42 Å². The van der Waals surface area contributed by atoms with Crippen molar-refractivity contribution in [2.75, 3.05) is 6.61 Å². The summed E-state index contributed by atoms with van der Waals surface area (Å²) in [5, 5.41) is 39.0. The van der Waals surface area contributed by atoms with E-state index in [-0.39, 0.29) is 22.7 Å². The molecule has 4 fully saturated rings. The molecule has 0 amide bonds. The lowest BCUT2D eigenvalue weighted by Crippen LogP contribution is -2.63. The molecule has 3 aliphatic carbocycles. The maximum atomic E-state index is 11.8. The van der Waals surface area contributed by atoms with Gasteiger partial charge in [-0.25, -0.2) is 0 Å². The second-order valence-electron chi connectivity index (χ2n) is 14.5. The van der Waals surface area contributed by atoms with E-state index >= 15 is 0 Å². The number of fused-ring (bicyclic) bond motifs is 2. The number of aliphatic hydroxyl groups is 2. The number of phenolic OH excluding ortho intramolecular Hbond substituents is 1. The molecule has 1 saturated heterocycles. The number of aliphatic hydroxyl groups excluding tert-OH is 2. The number of phenols is 1. The molecule has 4 aliphatic rings. The first kappa shape index (κ1) is 31.7. The largest absolute Gasteiger partial charge is 0.507 e. The van der Waals surface area contributed by atoms with Gasteiger partial charge in [-0.3, -0.25) is 10.2 Å². The van der Waals surface area contributed by atoms with Gasteiger partial charge < -0.3 is 19.7 Å². The monoisotopic (exact) mass is 674 g/mol. The van der Waals surface area contributed by atoms with Crippen molar-refractivity contribution in [3.63, 3.8) is 0 Å². The summed E-state index contributed by atoms with van der Waals surface area (Å²) in [6.07, 6.45) is 0.285. The van der Waals surface area contributed by atoms with E-state index in [4.69, 9.17) is 9.26 Å². The predicted molar refractivity (Wildman–Crippen MR) is 165 cm³/mol. The van der Waals surface area contributed by atoms with Gasteiger partial charge in [0.25, 0.3) is 0 Å². The molecule has 2 bridgehead atoms. The number of rotatable bonds is 9. The fraction of sp³-hybridized carbons (Fsp3) is 0.800. The quantitative estimate of drug-likeness (QED) is 0.157. The lowest BCUT2D eigenvalue weighted by molar-refractivity contribution is -0.194. The van der Waals surface area contributed by atoms with Gasteiger partial charge in [-0.15, -0.1) is 0 Å². The maximum absolute atomic E-state index is 11.8. The number of hydrogen-bond donors (Lipinski definition) is 4. The maximum Gasteiger partial charge on any atom is 0.192 e. The Balaban J connectivity index is 1.58. The molecule has 1 aromatic rings. The van der Waals surface area contributed by atoms with Gasteiger partial charge in [-0.05, 0) is 89.7 Å². The van der Waals surface area contributed by atoms with Crippen LogP contribution in [0.15, 0.2) is 18.2 Å². The van der Waals surface area contributed by atoms with Crippen LogP contribution in [0.2, 0.25) is 18.1 Å². The van der Waals surface area contributed by atoms with Crippen molar-refractivity contribution < 1.29 is 24.6 Å². The van der Waals surface area contributed by atoms with Crippen molar-refractivity contribution >= 4 is 30.9 Å². The second-order valence-corrected chi connectivity index (χ2v) is 20.5. The summed E-state index contributed by atoms with van der Waals surface area (Å²) in [4.78, 5) is 6.51. The van der Waals surface area contributed by atoms with Gasteiger partial charge in [-0.1, -0.05) is 53.7 Å². The average Bonchev–Trinajstić information content (AvgIpc) is 3.19. The summed E-state index contributed by atoms with van der Waals surface area (Å²) >= 11 is 2.12. The molecule has 5 rings (SSSR count). The lowest BCUT2D eigenvalue weighted by Gasteiger charge is -2.62. The fourth-order valence-corrected chi connectivity index (χ4v) is 8.59. The minimum Gasteiger partial charge on any atom is -0.507 e. The molecule has 7 nitrogen and oxygen atoms in total. The van der Waals surface area contributed by atoms with Crippen molar-refractivity contribution in [2.45, 2.75) is 117 Å². The van der Waals surface area contributed by atoms with Gasteiger partial charge in [0.05, 0.1) is 28.9 Å². The Bertz CT molecular complexity index is 1020. The Morgan fingerprint density at radius 3 is 2.46 bits per heavy atom. The molecule has 0 spiro atoms. The number of nitrogens with one attached hydrogen (secondary N) is 1. The molecule has 1 aliphatic heterocycles. The molecule has 222 valence electrons. The van der Waals surface area contributed by atoms with Gasteiger partial charge in [0.2, 0.25) is 0 Å². The van der Waals surface area contributed by atoms with Gasteiger partial charge in [0.15, 0.2) is 8.32 Å². The molecule has 4 N–H and O–H groups in total. The zero-order valence-corrected chi connectivity index (χ0v) is 28.4. The minimum absolute atomic E-state index is 0.0460. The van der Waals surface area contributed by atoms with Crippen LogP contribution in [0, 0.1) is 32.7 Å². The van der Waals surface area contributed by atoms with E-state index in [1.54, 1.807) is 12.0 Å². The van der Waals surface area contributed by atoms with Gasteiger partial charge in [-0.2, -0.15) is 5.06 Å². The molecule has 3 saturated carbocycles. The Labute approximate surface area is 250 Å². The van der Waals surface area contributed by atoms with Crippen molar-refractivity contribution in [1.29, 1.82) is 0 Å². The first-order valence-electron chi connectivity index (χ1n) is 14.6. The number of halogens is 1. The van der Waals surface area contributed by atoms with Crippen LogP contribution in [0.1, 0.15) is 66.9 Å². The fourth-order valence-electron chi connectivity index (χ4n) is 7.02. The lowest BCUT2D eigenvalue weighted by atomic mass is 9.44. The first-order chi connectivity index (χ1) is 18.0. The number of benzene rings is 1. The Morgan fingerprint density at radius 2 is 1.90 bits per heavy atom. The molecule has 1 heterocycles. The highest BCUT2D eigenvalue weighted by molar-refractivity contribution is 14.1. The molecule has 39 heavy (non-hydrogen) atoms. The standard InChI is InChI=1S/C30H51IN2O5Si/c1-17-21-13-20(30(21,6)7)14-23(17)32-28(36)26-25(18(2)34)24(16-37-39(8,9)29(3,4)5)38-33(26)15-19-11-10-12-22(31)27(19)35/h10-12,17-18,20-21,23-26,28,32,34-36H,13-16H2,1-9H3/t17-,18-,20?,21-,23-,24-,25+,26-,28?/m0/s1. The highest BCUT2D eigenvalue weighted by atomic mass is 127. The Hall–Kier alpha value is -0.273. The molecule has 9 heteroatoms. The molecular weight excluding hydrogens is 623 g/mol. The zero-order chi connectivity index (χ0) is 29.1. The van der Waals surface area contributed by atoms with Crippen molar-refractivity contribution in [3.8, 4) is 5.75 Å². The van der Waals surface area contributed by atoms with Crippen LogP contribution in [-0.2, 0) is 15.8 Å². The molecule has 9 atom stereocenters. The predicted octanol–water partition coefficient (Wildman–Crippen LogP) is 5.48. The highest BCUT2D eigenvalue weighted by Gasteiger charge is 2.57. The van der Waals surface area contributed by atoms with Crippen LogP contribution in [0.25, 0.3) is 0 Å². The van der Waals surface area contributed by atoms with Crippen molar-refractivity contribution in [1.82, 2.24) is 10.4 Å². The third kappa shape index (κ3) is 6.12. The third-order valence-electron chi connectivity index (χ3n) is 10.9. The minimum atomic E-state index is -2.06. The van der Waals surface area contributed by atoms with E-state index < -0.39 is 32.8 Å². The Kier molecular flexibility index (Phi) is 9.28. The number of hydroxylamine groups is 2. The highest BCUT2D eigenvalue weighted by Crippen LogP contribution is 2.61. The van der Waals surface area contributed by atoms with E-state index in [0.29, 0.717) is 36.3 Å². The number of nitrogens with zero attached hydrogens (tertiary/aromatic N) is 1. The topological polar surface area (TPSA) is 94.4 Å². The normalized spacial score (nSPS) is 34.5. The van der Waals surface area contributed by atoms with Crippen LogP contribution in [0.5, 0.6) is 5.75 Å². The van der Waals surface area contributed by atoms with Crippen LogP contribution >= 0.6 is 22.6 Å². The second kappa shape index (κ2) is 11.4. The van der Waals surface area contributed by atoms with Gasteiger partial charge in [0.1, 0.15) is 18.1 Å². The van der Waals surface area contributed by atoms with Gasteiger partial charge in [0, 0.05) is 17.5 Å². The first-order valence-corrected chi connectivity index (χ1v) is 18.6. The van der Waals surface area contributed by atoms with Crippen LogP contribution in [0.4, 0.5) is 0 Å². The summed E-state index contributed by atoms with van der Waals surface area (Å²) in [6.45, 7) is 20.5. The van der Waals surface area contributed by atoms with Crippen LogP contribution in [0.3, 0.4) is 0 Å². The zero-order valence-electron chi connectivity index (χ0n) is 25.2. The van der Waals surface area contributed by atoms with E-state index in [2.05, 4.69) is 82.5 Å². The molecular formula is C30H51IN2O5Si. The number of aromatic hydroxyl groups is 1. The summed E-state index contributed by atoms with van der Waals surface area (Å²) in [5.41, 5.74) is 1.09. The van der Waals surface area contributed by atoms with E-state index in [0.717, 1.165) is 15.6 Å².